The van der Waals surface area contributed by atoms with Crippen molar-refractivity contribution in [2.24, 2.45) is 11.8 Å². The van der Waals surface area contributed by atoms with Crippen LogP contribution in [0.3, 0.4) is 0 Å². The lowest BCUT2D eigenvalue weighted by Gasteiger charge is -2.21. The molecule has 0 bridgehead atoms. The van der Waals surface area contributed by atoms with Gasteiger partial charge in [0.05, 0.1) is 6.61 Å². The molecule has 2 heterocycles. The van der Waals surface area contributed by atoms with Gasteiger partial charge >= 0.3 is 0 Å². The van der Waals surface area contributed by atoms with Gasteiger partial charge in [-0.05, 0) is 50.3 Å². The number of rotatable bonds is 6. The number of piperidine rings is 1. The Morgan fingerprint density at radius 1 is 1.29 bits per heavy atom. The standard InChI is InChI=1S/C16H23N3O2/c20-16(14-5-7-17-8-6-14)19-10-13-3-4-15(18-9-13)21-11-12-1-2-12/h3-4,9,12,14,17H,1-2,5-8,10-11H2,(H,19,20). The van der Waals surface area contributed by atoms with Crippen LogP contribution in [0.25, 0.3) is 0 Å². The topological polar surface area (TPSA) is 63.2 Å². The van der Waals surface area contributed by atoms with Gasteiger partial charge in [0, 0.05) is 24.7 Å². The van der Waals surface area contributed by atoms with E-state index in [1.54, 1.807) is 6.20 Å². The second-order valence-corrected chi connectivity index (χ2v) is 6.00. The minimum Gasteiger partial charge on any atom is -0.477 e. The first-order valence-corrected chi connectivity index (χ1v) is 7.87. The molecule has 1 saturated heterocycles. The van der Waals surface area contributed by atoms with E-state index >= 15 is 0 Å². The normalized spacial score (nSPS) is 19.2. The summed E-state index contributed by atoms with van der Waals surface area (Å²) in [5, 5.41) is 6.27. The molecular formula is C16H23N3O2. The highest BCUT2D eigenvalue weighted by Gasteiger charge is 2.22. The van der Waals surface area contributed by atoms with E-state index in [0.717, 1.165) is 44.0 Å². The molecule has 5 heteroatoms. The molecule has 2 N–H and O–H groups in total. The minimum absolute atomic E-state index is 0.153. The molecule has 2 aliphatic rings. The van der Waals surface area contributed by atoms with Gasteiger partial charge in [0.15, 0.2) is 0 Å². The fourth-order valence-corrected chi connectivity index (χ4v) is 2.51. The maximum Gasteiger partial charge on any atom is 0.223 e. The number of carbonyl (C=O) groups excluding carboxylic acids is 1. The third kappa shape index (κ3) is 4.43. The Balaban J connectivity index is 1.42. The highest BCUT2D eigenvalue weighted by Crippen LogP contribution is 2.29. The molecule has 1 aliphatic heterocycles. The molecule has 5 nitrogen and oxygen atoms in total. The van der Waals surface area contributed by atoms with Gasteiger partial charge in [0.25, 0.3) is 0 Å². The van der Waals surface area contributed by atoms with Crippen molar-refractivity contribution >= 4 is 5.91 Å². The van der Waals surface area contributed by atoms with Crippen molar-refractivity contribution in [3.8, 4) is 5.88 Å². The van der Waals surface area contributed by atoms with Crippen molar-refractivity contribution in [2.45, 2.75) is 32.2 Å². The molecule has 114 valence electrons. The van der Waals surface area contributed by atoms with E-state index < -0.39 is 0 Å². The average molecular weight is 289 g/mol. The first kappa shape index (κ1) is 14.3. The van der Waals surface area contributed by atoms with Gasteiger partial charge in [0.1, 0.15) is 0 Å². The van der Waals surface area contributed by atoms with Crippen LogP contribution in [0.4, 0.5) is 0 Å². The fraction of sp³-hybridized carbons (Fsp3) is 0.625. The van der Waals surface area contributed by atoms with Crippen LogP contribution in [0.2, 0.25) is 0 Å². The molecule has 1 aromatic heterocycles. The van der Waals surface area contributed by atoms with Gasteiger partial charge < -0.3 is 15.4 Å². The van der Waals surface area contributed by atoms with E-state index in [1.807, 2.05) is 12.1 Å². The molecule has 0 atom stereocenters. The summed E-state index contributed by atoms with van der Waals surface area (Å²) in [7, 11) is 0. The number of nitrogens with zero attached hydrogens (tertiary/aromatic N) is 1. The molecule has 0 unspecified atom stereocenters. The van der Waals surface area contributed by atoms with E-state index in [2.05, 4.69) is 15.6 Å². The van der Waals surface area contributed by atoms with Gasteiger partial charge in [-0.3, -0.25) is 4.79 Å². The molecule has 0 radical (unpaired) electrons. The van der Waals surface area contributed by atoms with Crippen LogP contribution < -0.4 is 15.4 Å². The van der Waals surface area contributed by atoms with Crippen LogP contribution in [0, 0.1) is 11.8 Å². The summed E-state index contributed by atoms with van der Waals surface area (Å²) >= 11 is 0. The number of nitrogens with one attached hydrogen (secondary N) is 2. The zero-order valence-corrected chi connectivity index (χ0v) is 12.3. The quantitative estimate of drug-likeness (QED) is 0.833. The molecule has 0 aromatic carbocycles. The van der Waals surface area contributed by atoms with Gasteiger partial charge in [0.2, 0.25) is 11.8 Å². The lowest BCUT2D eigenvalue weighted by atomic mass is 9.97. The van der Waals surface area contributed by atoms with E-state index in [-0.39, 0.29) is 11.8 Å². The van der Waals surface area contributed by atoms with Crippen molar-refractivity contribution in [3.05, 3.63) is 23.9 Å². The Hall–Kier alpha value is -1.62. The molecular weight excluding hydrogens is 266 g/mol. The summed E-state index contributed by atoms with van der Waals surface area (Å²) in [6, 6.07) is 3.85. The zero-order chi connectivity index (χ0) is 14.5. The number of aromatic nitrogens is 1. The van der Waals surface area contributed by atoms with Gasteiger partial charge in [-0.2, -0.15) is 0 Å². The molecule has 1 aromatic rings. The molecule has 0 spiro atoms. The summed E-state index contributed by atoms with van der Waals surface area (Å²) in [6.07, 6.45) is 6.20. The molecule has 2 fully saturated rings. The summed E-state index contributed by atoms with van der Waals surface area (Å²) in [6.45, 7) is 3.19. The highest BCUT2D eigenvalue weighted by atomic mass is 16.5. The third-order valence-electron chi connectivity index (χ3n) is 4.14. The van der Waals surface area contributed by atoms with E-state index in [0.29, 0.717) is 12.4 Å². The lowest BCUT2D eigenvalue weighted by Crippen LogP contribution is -2.37. The van der Waals surface area contributed by atoms with Crippen molar-refractivity contribution < 1.29 is 9.53 Å². The first-order chi connectivity index (χ1) is 10.3. The van der Waals surface area contributed by atoms with Crippen LogP contribution in [-0.2, 0) is 11.3 Å². The largest absolute Gasteiger partial charge is 0.477 e. The maximum absolute atomic E-state index is 12.0. The summed E-state index contributed by atoms with van der Waals surface area (Å²) in [5.74, 6) is 1.72. The Labute approximate surface area is 125 Å². The van der Waals surface area contributed by atoms with Crippen molar-refractivity contribution in [1.29, 1.82) is 0 Å². The molecule has 1 aliphatic carbocycles. The van der Waals surface area contributed by atoms with Crippen LogP contribution in [-0.4, -0.2) is 30.6 Å². The Bertz CT molecular complexity index is 465. The van der Waals surface area contributed by atoms with Gasteiger partial charge in [-0.15, -0.1) is 0 Å². The number of hydrogen-bond donors (Lipinski definition) is 2. The van der Waals surface area contributed by atoms with Crippen molar-refractivity contribution in [2.75, 3.05) is 19.7 Å². The Kier molecular flexibility index (Phi) is 4.70. The number of carbonyl (C=O) groups is 1. The van der Waals surface area contributed by atoms with Crippen LogP contribution in [0.5, 0.6) is 5.88 Å². The van der Waals surface area contributed by atoms with E-state index in [1.165, 1.54) is 12.8 Å². The zero-order valence-electron chi connectivity index (χ0n) is 12.3. The van der Waals surface area contributed by atoms with E-state index in [9.17, 15) is 4.79 Å². The summed E-state index contributed by atoms with van der Waals surface area (Å²) in [4.78, 5) is 16.3. The van der Waals surface area contributed by atoms with Crippen LogP contribution >= 0.6 is 0 Å². The monoisotopic (exact) mass is 289 g/mol. The van der Waals surface area contributed by atoms with Gasteiger partial charge in [-0.1, -0.05) is 6.07 Å². The maximum atomic E-state index is 12.0. The summed E-state index contributed by atoms with van der Waals surface area (Å²) < 4.78 is 5.60. The smallest absolute Gasteiger partial charge is 0.223 e. The third-order valence-corrected chi connectivity index (χ3v) is 4.14. The van der Waals surface area contributed by atoms with Crippen LogP contribution in [0.1, 0.15) is 31.2 Å². The number of hydrogen-bond acceptors (Lipinski definition) is 4. The second kappa shape index (κ2) is 6.89. The summed E-state index contributed by atoms with van der Waals surface area (Å²) in [5.41, 5.74) is 1.01. The molecule has 21 heavy (non-hydrogen) atoms. The number of ether oxygens (including phenoxy) is 1. The van der Waals surface area contributed by atoms with Crippen molar-refractivity contribution in [1.82, 2.24) is 15.6 Å². The van der Waals surface area contributed by atoms with Gasteiger partial charge in [-0.25, -0.2) is 4.98 Å². The van der Waals surface area contributed by atoms with Crippen molar-refractivity contribution in [3.63, 3.8) is 0 Å². The first-order valence-electron chi connectivity index (χ1n) is 7.87. The lowest BCUT2D eigenvalue weighted by molar-refractivity contribution is -0.125. The minimum atomic E-state index is 0.153. The predicted molar refractivity (Wildman–Crippen MR) is 79.9 cm³/mol. The average Bonchev–Trinajstić information content (AvgIpc) is 3.37. The molecule has 3 rings (SSSR count). The Morgan fingerprint density at radius 3 is 2.76 bits per heavy atom. The fourth-order valence-electron chi connectivity index (χ4n) is 2.51. The molecule has 1 saturated carbocycles. The Morgan fingerprint density at radius 2 is 2.10 bits per heavy atom. The predicted octanol–water partition coefficient (Wildman–Crippen LogP) is 1.49. The number of pyridine rings is 1. The van der Waals surface area contributed by atoms with E-state index in [4.69, 9.17) is 4.74 Å². The molecule has 1 amide bonds. The van der Waals surface area contributed by atoms with Crippen LogP contribution in [0.15, 0.2) is 18.3 Å². The SMILES string of the molecule is O=C(NCc1ccc(OCC2CC2)nc1)C1CCNCC1. The highest BCUT2D eigenvalue weighted by molar-refractivity contribution is 5.78. The second-order valence-electron chi connectivity index (χ2n) is 6.00. The number of amides is 1.